The van der Waals surface area contributed by atoms with Gasteiger partial charge < -0.3 is 15.9 Å². The van der Waals surface area contributed by atoms with E-state index in [1.807, 2.05) is 4.90 Å². The van der Waals surface area contributed by atoms with Crippen LogP contribution >= 0.6 is 0 Å². The standard InChI is InChI=1S/C11H18N2O4/c12-10-7-1-3-13(4-2-7)11(10,5-8(14)15)6-9(16)17/h7,10H,1-6,12H2,(H,14,15)(H,16,17)/t10-/m1/s1. The van der Waals surface area contributed by atoms with Gasteiger partial charge in [0, 0.05) is 6.04 Å². The van der Waals surface area contributed by atoms with Gasteiger partial charge in [-0.05, 0) is 31.8 Å². The van der Waals surface area contributed by atoms with E-state index in [1.165, 1.54) is 0 Å². The number of nitrogens with zero attached hydrogens (tertiary/aromatic N) is 1. The molecule has 0 unspecified atom stereocenters. The molecule has 2 bridgehead atoms. The third-order valence-electron chi connectivity index (χ3n) is 4.21. The van der Waals surface area contributed by atoms with Crippen LogP contribution in [-0.2, 0) is 9.59 Å². The van der Waals surface area contributed by atoms with Gasteiger partial charge in [0.1, 0.15) is 0 Å². The summed E-state index contributed by atoms with van der Waals surface area (Å²) in [7, 11) is 0. The first kappa shape index (κ1) is 12.3. The summed E-state index contributed by atoms with van der Waals surface area (Å²) < 4.78 is 0. The van der Waals surface area contributed by atoms with Crippen molar-refractivity contribution >= 4 is 11.9 Å². The first-order chi connectivity index (χ1) is 7.95. The zero-order valence-corrected chi connectivity index (χ0v) is 9.63. The van der Waals surface area contributed by atoms with E-state index in [0.29, 0.717) is 0 Å². The molecule has 4 N–H and O–H groups in total. The number of hydrogen-bond donors (Lipinski definition) is 3. The van der Waals surface area contributed by atoms with E-state index < -0.39 is 17.5 Å². The van der Waals surface area contributed by atoms with Gasteiger partial charge in [0.05, 0.1) is 18.4 Å². The molecule has 1 atom stereocenters. The highest BCUT2D eigenvalue weighted by atomic mass is 16.4. The normalized spacial score (nSPS) is 34.5. The second-order valence-corrected chi connectivity index (χ2v) is 5.09. The molecule has 3 fully saturated rings. The zero-order chi connectivity index (χ0) is 12.6. The Morgan fingerprint density at radius 1 is 1.18 bits per heavy atom. The maximum Gasteiger partial charge on any atom is 0.305 e. The molecule has 0 spiro atoms. The Morgan fingerprint density at radius 3 is 2.00 bits per heavy atom. The number of piperidine rings is 3. The van der Waals surface area contributed by atoms with Crippen LogP contribution < -0.4 is 5.73 Å². The molecule has 3 saturated heterocycles. The molecule has 6 nitrogen and oxygen atoms in total. The van der Waals surface area contributed by atoms with E-state index in [0.717, 1.165) is 25.9 Å². The second kappa shape index (κ2) is 4.27. The van der Waals surface area contributed by atoms with Crippen LogP contribution in [0.25, 0.3) is 0 Å². The third kappa shape index (κ3) is 2.02. The second-order valence-electron chi connectivity index (χ2n) is 5.09. The largest absolute Gasteiger partial charge is 0.481 e. The predicted molar refractivity (Wildman–Crippen MR) is 59.5 cm³/mol. The van der Waals surface area contributed by atoms with Crippen molar-refractivity contribution in [3.63, 3.8) is 0 Å². The molecule has 3 rings (SSSR count). The van der Waals surface area contributed by atoms with Crippen LogP contribution in [0.4, 0.5) is 0 Å². The van der Waals surface area contributed by atoms with Gasteiger partial charge in [-0.2, -0.15) is 0 Å². The highest BCUT2D eigenvalue weighted by Gasteiger charge is 2.53. The Morgan fingerprint density at radius 2 is 1.65 bits per heavy atom. The molecule has 0 radical (unpaired) electrons. The highest BCUT2D eigenvalue weighted by Crippen LogP contribution is 2.42. The quantitative estimate of drug-likeness (QED) is 0.626. The molecule has 0 aromatic heterocycles. The van der Waals surface area contributed by atoms with Crippen molar-refractivity contribution in [2.75, 3.05) is 13.1 Å². The van der Waals surface area contributed by atoms with Gasteiger partial charge in [-0.3, -0.25) is 14.5 Å². The van der Waals surface area contributed by atoms with E-state index in [-0.39, 0.29) is 24.8 Å². The minimum atomic E-state index is -0.978. The molecule has 3 heterocycles. The predicted octanol–water partition coefficient (Wildman–Crippen LogP) is -0.272. The molecule has 0 aromatic carbocycles. The smallest absolute Gasteiger partial charge is 0.305 e. The fraction of sp³-hybridized carbons (Fsp3) is 0.818. The average Bonchev–Trinajstić information content (AvgIpc) is 2.24. The average molecular weight is 242 g/mol. The van der Waals surface area contributed by atoms with Gasteiger partial charge in [-0.15, -0.1) is 0 Å². The van der Waals surface area contributed by atoms with E-state index in [1.54, 1.807) is 0 Å². The molecule has 0 amide bonds. The molecule has 0 saturated carbocycles. The van der Waals surface area contributed by atoms with Gasteiger partial charge in [0.15, 0.2) is 0 Å². The summed E-state index contributed by atoms with van der Waals surface area (Å²) in [6.45, 7) is 1.53. The van der Waals surface area contributed by atoms with Crippen molar-refractivity contribution in [2.24, 2.45) is 11.7 Å². The zero-order valence-electron chi connectivity index (χ0n) is 9.63. The monoisotopic (exact) mass is 242 g/mol. The fourth-order valence-corrected chi connectivity index (χ4v) is 3.40. The van der Waals surface area contributed by atoms with E-state index in [2.05, 4.69) is 0 Å². The summed E-state index contributed by atoms with van der Waals surface area (Å²) in [5.41, 5.74) is 5.24. The van der Waals surface area contributed by atoms with E-state index >= 15 is 0 Å². The lowest BCUT2D eigenvalue weighted by Crippen LogP contribution is -2.71. The van der Waals surface area contributed by atoms with Crippen LogP contribution in [0.15, 0.2) is 0 Å². The Hall–Kier alpha value is -1.14. The van der Waals surface area contributed by atoms with E-state index in [9.17, 15) is 9.59 Å². The summed E-state index contributed by atoms with van der Waals surface area (Å²) >= 11 is 0. The molecular weight excluding hydrogens is 224 g/mol. The van der Waals surface area contributed by atoms with Crippen molar-refractivity contribution < 1.29 is 19.8 Å². The SMILES string of the molecule is N[C@@H]1C2CCN(CC2)C1(CC(=O)O)CC(=O)O. The van der Waals surface area contributed by atoms with Crippen molar-refractivity contribution in [3.8, 4) is 0 Å². The lowest BCUT2D eigenvalue weighted by atomic mass is 9.67. The minimum Gasteiger partial charge on any atom is -0.481 e. The number of rotatable bonds is 4. The molecule has 0 aromatic rings. The molecule has 17 heavy (non-hydrogen) atoms. The van der Waals surface area contributed by atoms with Crippen molar-refractivity contribution in [3.05, 3.63) is 0 Å². The first-order valence-electron chi connectivity index (χ1n) is 5.90. The van der Waals surface area contributed by atoms with Crippen LogP contribution in [0.3, 0.4) is 0 Å². The Balaban J connectivity index is 2.30. The number of nitrogens with two attached hydrogens (primary N) is 1. The number of hydrogen-bond acceptors (Lipinski definition) is 4. The lowest BCUT2D eigenvalue weighted by Gasteiger charge is -2.57. The van der Waals surface area contributed by atoms with Crippen LogP contribution in [0.2, 0.25) is 0 Å². The molecule has 0 aliphatic carbocycles. The van der Waals surface area contributed by atoms with Gasteiger partial charge in [0.2, 0.25) is 0 Å². The Bertz CT molecular complexity index is 316. The number of fused-ring (bicyclic) bond motifs is 3. The molecule has 96 valence electrons. The van der Waals surface area contributed by atoms with E-state index in [4.69, 9.17) is 15.9 Å². The lowest BCUT2D eigenvalue weighted by molar-refractivity contribution is -0.152. The third-order valence-corrected chi connectivity index (χ3v) is 4.21. The van der Waals surface area contributed by atoms with Gasteiger partial charge in [-0.1, -0.05) is 0 Å². The van der Waals surface area contributed by atoms with Crippen LogP contribution in [-0.4, -0.2) is 51.7 Å². The highest BCUT2D eigenvalue weighted by molar-refractivity contribution is 5.73. The van der Waals surface area contributed by atoms with Gasteiger partial charge in [0.25, 0.3) is 0 Å². The summed E-state index contributed by atoms with van der Waals surface area (Å²) in [4.78, 5) is 24.0. The maximum atomic E-state index is 11.0. The number of carboxylic acid groups (broad SMARTS) is 2. The minimum absolute atomic E-state index is 0.184. The van der Waals surface area contributed by atoms with Gasteiger partial charge in [-0.25, -0.2) is 0 Å². The van der Waals surface area contributed by atoms with Crippen molar-refractivity contribution in [1.29, 1.82) is 0 Å². The fourth-order valence-electron chi connectivity index (χ4n) is 3.40. The number of carboxylic acids is 2. The number of aliphatic carboxylic acids is 2. The summed E-state index contributed by atoms with van der Waals surface area (Å²) in [6, 6.07) is -0.350. The topological polar surface area (TPSA) is 104 Å². The van der Waals surface area contributed by atoms with Crippen molar-refractivity contribution in [1.82, 2.24) is 4.90 Å². The summed E-state index contributed by atoms with van der Waals surface area (Å²) in [5, 5.41) is 18.0. The summed E-state index contributed by atoms with van der Waals surface area (Å²) in [6.07, 6.45) is 1.53. The van der Waals surface area contributed by atoms with Crippen LogP contribution in [0.1, 0.15) is 25.7 Å². The molecule has 3 aliphatic heterocycles. The van der Waals surface area contributed by atoms with Crippen molar-refractivity contribution in [2.45, 2.75) is 37.3 Å². The van der Waals surface area contributed by atoms with Crippen LogP contribution in [0.5, 0.6) is 0 Å². The van der Waals surface area contributed by atoms with Crippen LogP contribution in [0, 0.1) is 5.92 Å². The summed E-state index contributed by atoms with van der Waals surface area (Å²) in [5.74, 6) is -1.69. The van der Waals surface area contributed by atoms with Gasteiger partial charge >= 0.3 is 11.9 Å². The molecule has 3 aliphatic rings. The first-order valence-corrected chi connectivity index (χ1v) is 5.90. The maximum absolute atomic E-state index is 11.0. The molecule has 6 heteroatoms. The Labute approximate surface area is 99.4 Å². The number of carbonyl (C=O) groups is 2. The molecular formula is C11H18N2O4. The Kier molecular flexibility index (Phi) is 3.09.